The average Bonchev–Trinajstić information content (AvgIpc) is 2.87. The van der Waals surface area contributed by atoms with Crippen molar-refractivity contribution in [2.24, 2.45) is 0 Å². The second-order valence-corrected chi connectivity index (χ2v) is 7.29. The van der Waals surface area contributed by atoms with Gasteiger partial charge in [0.05, 0.1) is 13.7 Å². The highest BCUT2D eigenvalue weighted by Gasteiger charge is 2.09. The maximum Gasteiger partial charge on any atom is 0.513 e. The number of amides is 2. The molecule has 35 heavy (non-hydrogen) atoms. The Morgan fingerprint density at radius 3 is 2.34 bits per heavy atom. The molecular formula is C27H26N2O6. The highest BCUT2D eigenvalue weighted by Crippen LogP contribution is 2.16. The van der Waals surface area contributed by atoms with Gasteiger partial charge in [-0.05, 0) is 72.7 Å². The van der Waals surface area contributed by atoms with Crippen molar-refractivity contribution >= 4 is 29.7 Å². The molecule has 0 aromatic heterocycles. The molecule has 0 bridgehead atoms. The van der Waals surface area contributed by atoms with E-state index < -0.39 is 6.16 Å². The molecule has 0 saturated heterocycles. The smallest absolute Gasteiger partial charge is 0.497 e. The van der Waals surface area contributed by atoms with E-state index in [0.29, 0.717) is 17.8 Å². The van der Waals surface area contributed by atoms with Crippen LogP contribution in [0, 0.1) is 0 Å². The minimum atomic E-state index is -0.797. The van der Waals surface area contributed by atoms with Crippen molar-refractivity contribution in [1.29, 1.82) is 0 Å². The first-order valence-corrected chi connectivity index (χ1v) is 10.9. The summed E-state index contributed by atoms with van der Waals surface area (Å²) >= 11 is 0. The zero-order chi connectivity index (χ0) is 25.0. The molecule has 0 spiro atoms. The summed E-state index contributed by atoms with van der Waals surface area (Å²) in [6.45, 7) is 2.24. The van der Waals surface area contributed by atoms with Gasteiger partial charge in [0, 0.05) is 23.9 Å². The molecule has 0 heterocycles. The Bertz CT molecular complexity index is 1190. The molecule has 0 aliphatic heterocycles. The highest BCUT2D eigenvalue weighted by atomic mass is 16.7. The highest BCUT2D eigenvalue weighted by molar-refractivity contribution is 6.04. The summed E-state index contributed by atoms with van der Waals surface area (Å²) in [7, 11) is 1.59. The number of benzene rings is 3. The summed E-state index contributed by atoms with van der Waals surface area (Å²) in [6.07, 6.45) is 2.38. The van der Waals surface area contributed by atoms with Gasteiger partial charge in [-0.1, -0.05) is 24.3 Å². The third kappa shape index (κ3) is 8.04. The number of hydrogen-bond donors (Lipinski definition) is 2. The lowest BCUT2D eigenvalue weighted by Gasteiger charge is -2.08. The van der Waals surface area contributed by atoms with Crippen LogP contribution < -0.4 is 20.1 Å². The summed E-state index contributed by atoms with van der Waals surface area (Å²) in [4.78, 5) is 35.9. The van der Waals surface area contributed by atoms with Crippen molar-refractivity contribution in [2.75, 3.05) is 19.0 Å². The Kier molecular flexibility index (Phi) is 9.01. The largest absolute Gasteiger partial charge is 0.513 e. The molecule has 0 unspecified atom stereocenters. The van der Waals surface area contributed by atoms with E-state index in [-0.39, 0.29) is 24.2 Å². The average molecular weight is 475 g/mol. The van der Waals surface area contributed by atoms with Crippen LogP contribution in [-0.2, 0) is 16.1 Å². The van der Waals surface area contributed by atoms with E-state index in [2.05, 4.69) is 10.6 Å². The van der Waals surface area contributed by atoms with Crippen molar-refractivity contribution in [1.82, 2.24) is 5.32 Å². The van der Waals surface area contributed by atoms with Crippen LogP contribution in [0.25, 0.3) is 6.08 Å². The SMILES string of the molecule is CCOC(=O)Oc1ccc(C(=O)Nc2ccc(CNC(=O)/C=C/c3cccc(OC)c3)cc2)cc1. The van der Waals surface area contributed by atoms with Gasteiger partial charge in [-0.15, -0.1) is 0 Å². The van der Waals surface area contributed by atoms with E-state index in [4.69, 9.17) is 14.2 Å². The van der Waals surface area contributed by atoms with Gasteiger partial charge >= 0.3 is 6.16 Å². The van der Waals surface area contributed by atoms with E-state index >= 15 is 0 Å². The quantitative estimate of drug-likeness (QED) is 0.262. The first kappa shape index (κ1) is 25.0. The lowest BCUT2D eigenvalue weighted by molar-refractivity contribution is -0.116. The monoisotopic (exact) mass is 474 g/mol. The summed E-state index contributed by atoms with van der Waals surface area (Å²) in [5.74, 6) is 0.474. The zero-order valence-electron chi connectivity index (χ0n) is 19.4. The normalized spacial score (nSPS) is 10.5. The molecule has 180 valence electrons. The molecule has 0 aliphatic rings. The van der Waals surface area contributed by atoms with Crippen molar-refractivity contribution in [3.8, 4) is 11.5 Å². The summed E-state index contributed by atoms with van der Waals surface area (Å²) < 4.78 is 14.9. The molecule has 0 saturated carbocycles. The molecule has 0 fully saturated rings. The fourth-order valence-electron chi connectivity index (χ4n) is 2.99. The zero-order valence-corrected chi connectivity index (χ0v) is 19.4. The van der Waals surface area contributed by atoms with Crippen LogP contribution in [0.4, 0.5) is 10.5 Å². The molecule has 0 atom stereocenters. The predicted octanol–water partition coefficient (Wildman–Crippen LogP) is 4.81. The van der Waals surface area contributed by atoms with Crippen LogP contribution in [-0.4, -0.2) is 31.7 Å². The topological polar surface area (TPSA) is 103 Å². The maximum absolute atomic E-state index is 12.5. The maximum atomic E-state index is 12.5. The lowest BCUT2D eigenvalue weighted by atomic mass is 10.1. The number of nitrogens with one attached hydrogen (secondary N) is 2. The predicted molar refractivity (Wildman–Crippen MR) is 132 cm³/mol. The van der Waals surface area contributed by atoms with Crippen molar-refractivity contribution in [2.45, 2.75) is 13.5 Å². The number of anilines is 1. The van der Waals surface area contributed by atoms with Gasteiger partial charge in [-0.25, -0.2) is 4.79 Å². The fraction of sp³-hybridized carbons (Fsp3) is 0.148. The Labute approximate surface area is 203 Å². The Morgan fingerprint density at radius 1 is 0.914 bits per heavy atom. The molecule has 2 N–H and O–H groups in total. The number of rotatable bonds is 9. The van der Waals surface area contributed by atoms with Gasteiger partial charge in [0.2, 0.25) is 5.91 Å². The van der Waals surface area contributed by atoms with Gasteiger partial charge in [-0.3, -0.25) is 9.59 Å². The third-order valence-corrected chi connectivity index (χ3v) is 4.78. The van der Waals surface area contributed by atoms with Crippen molar-refractivity contribution in [3.05, 3.63) is 95.6 Å². The van der Waals surface area contributed by atoms with Gasteiger partial charge in [0.15, 0.2) is 0 Å². The molecule has 8 nitrogen and oxygen atoms in total. The molecule has 3 rings (SSSR count). The standard InChI is InChI=1S/C27H26N2O6/c1-3-34-27(32)35-23-14-10-21(11-15-23)26(31)29-22-12-7-20(8-13-22)18-28-25(30)16-9-19-5-4-6-24(17-19)33-2/h4-17H,3,18H2,1-2H3,(H,28,30)(H,29,31)/b16-9+. The molecule has 0 radical (unpaired) electrons. The molecular weight excluding hydrogens is 448 g/mol. The van der Waals surface area contributed by atoms with E-state index in [0.717, 1.165) is 16.9 Å². The number of carbonyl (C=O) groups is 3. The van der Waals surface area contributed by atoms with Crippen LogP contribution in [0.5, 0.6) is 11.5 Å². The van der Waals surface area contributed by atoms with Gasteiger partial charge in [0.1, 0.15) is 11.5 Å². The van der Waals surface area contributed by atoms with Crippen LogP contribution in [0.15, 0.2) is 78.9 Å². The minimum absolute atomic E-state index is 0.214. The molecule has 0 aliphatic carbocycles. The van der Waals surface area contributed by atoms with Crippen LogP contribution >= 0.6 is 0 Å². The Hall–Kier alpha value is -4.59. The number of methoxy groups -OCH3 is 1. The van der Waals surface area contributed by atoms with E-state index in [9.17, 15) is 14.4 Å². The summed E-state index contributed by atoms with van der Waals surface area (Å²) in [5, 5.41) is 5.62. The van der Waals surface area contributed by atoms with Crippen molar-refractivity contribution in [3.63, 3.8) is 0 Å². The van der Waals surface area contributed by atoms with Crippen molar-refractivity contribution < 1.29 is 28.6 Å². The van der Waals surface area contributed by atoms with E-state index in [1.165, 1.54) is 18.2 Å². The second kappa shape index (κ2) is 12.6. The number of carbonyl (C=O) groups excluding carboxylic acids is 3. The van der Waals surface area contributed by atoms with Gasteiger partial charge in [0.25, 0.3) is 5.91 Å². The Morgan fingerprint density at radius 2 is 1.66 bits per heavy atom. The molecule has 3 aromatic carbocycles. The molecule has 8 heteroatoms. The van der Waals surface area contributed by atoms with Crippen LogP contribution in [0.3, 0.4) is 0 Å². The van der Waals surface area contributed by atoms with Gasteiger partial charge in [-0.2, -0.15) is 0 Å². The third-order valence-electron chi connectivity index (χ3n) is 4.78. The Balaban J connectivity index is 1.47. The molecule has 3 aromatic rings. The summed E-state index contributed by atoms with van der Waals surface area (Å²) in [6, 6.07) is 20.7. The molecule has 2 amide bonds. The van der Waals surface area contributed by atoms with E-state index in [1.807, 2.05) is 36.4 Å². The minimum Gasteiger partial charge on any atom is -0.497 e. The first-order valence-electron chi connectivity index (χ1n) is 10.9. The first-order chi connectivity index (χ1) is 17.0. The van der Waals surface area contributed by atoms with Crippen LogP contribution in [0.2, 0.25) is 0 Å². The van der Waals surface area contributed by atoms with Crippen LogP contribution in [0.1, 0.15) is 28.4 Å². The van der Waals surface area contributed by atoms with E-state index in [1.54, 1.807) is 44.4 Å². The number of hydrogen-bond acceptors (Lipinski definition) is 6. The summed E-state index contributed by atoms with van der Waals surface area (Å²) in [5.41, 5.74) is 2.75. The van der Waals surface area contributed by atoms with Gasteiger partial charge < -0.3 is 24.8 Å². The second-order valence-electron chi connectivity index (χ2n) is 7.29. The number of ether oxygens (including phenoxy) is 3. The fourth-order valence-corrected chi connectivity index (χ4v) is 2.99. The lowest BCUT2D eigenvalue weighted by Crippen LogP contribution is -2.20.